The molecule has 0 bridgehead atoms. The van der Waals surface area contributed by atoms with Crippen LogP contribution >= 0.6 is 0 Å². The average molecular weight is 214 g/mol. The topological polar surface area (TPSA) is 46.5 Å². The van der Waals surface area contributed by atoms with E-state index >= 15 is 0 Å². The first-order valence-corrected chi connectivity index (χ1v) is 6.01. The van der Waals surface area contributed by atoms with Crippen molar-refractivity contribution in [2.45, 2.75) is 52.1 Å². The van der Waals surface area contributed by atoms with Gasteiger partial charge in [-0.3, -0.25) is 0 Å². The maximum Gasteiger partial charge on any atom is 0.335 e. The SMILES string of the molecule is CCOC(=O)C(O)C(C)C1CCCCC1. The van der Waals surface area contributed by atoms with E-state index in [1.165, 1.54) is 19.3 Å². The van der Waals surface area contributed by atoms with Crippen molar-refractivity contribution < 1.29 is 14.6 Å². The third-order valence-corrected chi connectivity index (χ3v) is 3.42. The van der Waals surface area contributed by atoms with Gasteiger partial charge in [-0.25, -0.2) is 4.79 Å². The van der Waals surface area contributed by atoms with Gasteiger partial charge in [0.15, 0.2) is 6.10 Å². The van der Waals surface area contributed by atoms with Gasteiger partial charge in [-0.2, -0.15) is 0 Å². The molecule has 3 nitrogen and oxygen atoms in total. The largest absolute Gasteiger partial charge is 0.464 e. The summed E-state index contributed by atoms with van der Waals surface area (Å²) in [6.07, 6.45) is 5.08. The van der Waals surface area contributed by atoms with Crippen molar-refractivity contribution in [2.24, 2.45) is 11.8 Å². The lowest BCUT2D eigenvalue weighted by atomic mass is 9.78. The summed E-state index contributed by atoms with van der Waals surface area (Å²) in [5.41, 5.74) is 0. The van der Waals surface area contributed by atoms with Gasteiger partial charge in [-0.1, -0.05) is 39.0 Å². The van der Waals surface area contributed by atoms with Crippen molar-refractivity contribution >= 4 is 5.97 Å². The Morgan fingerprint density at radius 3 is 2.53 bits per heavy atom. The molecule has 1 fully saturated rings. The molecule has 1 rings (SSSR count). The molecule has 3 heteroatoms. The van der Waals surface area contributed by atoms with Crippen molar-refractivity contribution in [3.63, 3.8) is 0 Å². The highest BCUT2D eigenvalue weighted by molar-refractivity contribution is 5.74. The summed E-state index contributed by atoms with van der Waals surface area (Å²) < 4.78 is 4.83. The molecule has 2 unspecified atom stereocenters. The van der Waals surface area contributed by atoms with E-state index in [1.807, 2.05) is 6.92 Å². The third kappa shape index (κ3) is 3.49. The molecule has 0 aromatic rings. The molecule has 1 aliphatic carbocycles. The number of esters is 1. The summed E-state index contributed by atoms with van der Waals surface area (Å²) in [6, 6.07) is 0. The van der Waals surface area contributed by atoms with Gasteiger partial charge in [0.1, 0.15) is 0 Å². The lowest BCUT2D eigenvalue weighted by Crippen LogP contribution is -2.34. The van der Waals surface area contributed by atoms with Crippen molar-refractivity contribution in [1.29, 1.82) is 0 Å². The summed E-state index contributed by atoms with van der Waals surface area (Å²) in [5.74, 6) is 0.0538. The zero-order valence-electron chi connectivity index (χ0n) is 9.74. The van der Waals surface area contributed by atoms with Gasteiger partial charge >= 0.3 is 5.97 Å². The number of hydrogen-bond acceptors (Lipinski definition) is 3. The lowest BCUT2D eigenvalue weighted by molar-refractivity contribution is -0.157. The molecule has 0 aliphatic heterocycles. The number of aliphatic hydroxyl groups excluding tert-OH is 1. The molecule has 0 saturated heterocycles. The molecule has 1 N–H and O–H groups in total. The predicted octanol–water partition coefficient (Wildman–Crippen LogP) is 2.13. The molecule has 88 valence electrons. The molecule has 0 amide bonds. The maximum absolute atomic E-state index is 11.4. The fraction of sp³-hybridized carbons (Fsp3) is 0.917. The number of carbonyl (C=O) groups excluding carboxylic acids is 1. The van der Waals surface area contributed by atoms with Gasteiger partial charge < -0.3 is 9.84 Å². The van der Waals surface area contributed by atoms with E-state index in [-0.39, 0.29) is 5.92 Å². The van der Waals surface area contributed by atoms with Crippen molar-refractivity contribution in [1.82, 2.24) is 0 Å². The fourth-order valence-electron chi connectivity index (χ4n) is 2.36. The summed E-state index contributed by atoms with van der Waals surface area (Å²) in [4.78, 5) is 11.4. The smallest absolute Gasteiger partial charge is 0.335 e. The van der Waals surface area contributed by atoms with E-state index in [1.54, 1.807) is 6.92 Å². The monoisotopic (exact) mass is 214 g/mol. The molecule has 1 saturated carbocycles. The van der Waals surface area contributed by atoms with E-state index in [0.29, 0.717) is 12.5 Å². The fourth-order valence-corrected chi connectivity index (χ4v) is 2.36. The maximum atomic E-state index is 11.4. The predicted molar refractivity (Wildman–Crippen MR) is 58.4 cm³/mol. The number of rotatable bonds is 4. The van der Waals surface area contributed by atoms with Crippen LogP contribution in [0.2, 0.25) is 0 Å². The van der Waals surface area contributed by atoms with Crippen LogP contribution in [-0.4, -0.2) is 23.8 Å². The number of hydrogen-bond donors (Lipinski definition) is 1. The van der Waals surface area contributed by atoms with Gasteiger partial charge in [-0.05, 0) is 18.8 Å². The zero-order chi connectivity index (χ0) is 11.3. The highest BCUT2D eigenvalue weighted by Crippen LogP contribution is 2.31. The first-order chi connectivity index (χ1) is 7.16. The quantitative estimate of drug-likeness (QED) is 0.729. The van der Waals surface area contributed by atoms with Crippen molar-refractivity contribution in [3.8, 4) is 0 Å². The molecule has 0 aromatic heterocycles. The number of ether oxygens (including phenoxy) is 1. The van der Waals surface area contributed by atoms with Gasteiger partial charge in [0.05, 0.1) is 6.61 Å². The molecule has 2 atom stereocenters. The second-order valence-corrected chi connectivity index (χ2v) is 4.45. The zero-order valence-corrected chi connectivity index (χ0v) is 9.74. The Balaban J connectivity index is 2.43. The second kappa shape index (κ2) is 6.11. The van der Waals surface area contributed by atoms with Gasteiger partial charge in [0.25, 0.3) is 0 Å². The molecule has 0 spiro atoms. The van der Waals surface area contributed by atoms with Gasteiger partial charge in [0, 0.05) is 0 Å². The van der Waals surface area contributed by atoms with Crippen LogP contribution in [0.4, 0.5) is 0 Å². The number of aliphatic hydroxyl groups is 1. The van der Waals surface area contributed by atoms with Gasteiger partial charge in [0.2, 0.25) is 0 Å². The molecular formula is C12H22O3. The molecule has 15 heavy (non-hydrogen) atoms. The van der Waals surface area contributed by atoms with Crippen molar-refractivity contribution in [3.05, 3.63) is 0 Å². The van der Waals surface area contributed by atoms with E-state index in [0.717, 1.165) is 12.8 Å². The summed E-state index contributed by atoms with van der Waals surface area (Å²) in [6.45, 7) is 4.06. The molecule has 0 heterocycles. The van der Waals surface area contributed by atoms with E-state index < -0.39 is 12.1 Å². The van der Waals surface area contributed by atoms with E-state index in [2.05, 4.69) is 0 Å². The highest BCUT2D eigenvalue weighted by atomic mass is 16.5. The second-order valence-electron chi connectivity index (χ2n) is 4.45. The Hall–Kier alpha value is -0.570. The van der Waals surface area contributed by atoms with Crippen LogP contribution in [0.15, 0.2) is 0 Å². The summed E-state index contributed by atoms with van der Waals surface area (Å²) >= 11 is 0. The minimum Gasteiger partial charge on any atom is -0.464 e. The third-order valence-electron chi connectivity index (χ3n) is 3.42. The van der Waals surface area contributed by atoms with Crippen molar-refractivity contribution in [2.75, 3.05) is 6.61 Å². The van der Waals surface area contributed by atoms with Crippen LogP contribution in [0.5, 0.6) is 0 Å². The van der Waals surface area contributed by atoms with Crippen LogP contribution in [-0.2, 0) is 9.53 Å². The molecule has 0 radical (unpaired) electrons. The Morgan fingerprint density at radius 1 is 1.40 bits per heavy atom. The lowest BCUT2D eigenvalue weighted by Gasteiger charge is -2.29. The average Bonchev–Trinajstić information content (AvgIpc) is 2.28. The highest BCUT2D eigenvalue weighted by Gasteiger charge is 2.30. The number of carbonyl (C=O) groups is 1. The Bertz CT molecular complexity index is 197. The summed E-state index contributed by atoms with van der Waals surface area (Å²) in [7, 11) is 0. The van der Waals surface area contributed by atoms with Crippen LogP contribution in [0.3, 0.4) is 0 Å². The first kappa shape index (κ1) is 12.5. The van der Waals surface area contributed by atoms with Crippen LogP contribution in [0, 0.1) is 11.8 Å². The molecular weight excluding hydrogens is 192 g/mol. The molecule has 0 aromatic carbocycles. The minimum atomic E-state index is -0.937. The van der Waals surface area contributed by atoms with Crippen LogP contribution < -0.4 is 0 Å². The standard InChI is InChI=1S/C12H22O3/c1-3-15-12(14)11(13)9(2)10-7-5-4-6-8-10/h9-11,13H,3-8H2,1-2H3. The Labute approximate surface area is 91.8 Å². The van der Waals surface area contributed by atoms with Crippen LogP contribution in [0.1, 0.15) is 46.0 Å². The van der Waals surface area contributed by atoms with Gasteiger partial charge in [-0.15, -0.1) is 0 Å². The Morgan fingerprint density at radius 2 is 2.00 bits per heavy atom. The van der Waals surface area contributed by atoms with E-state index in [9.17, 15) is 9.90 Å². The summed E-state index contributed by atoms with van der Waals surface area (Å²) in [5, 5.41) is 9.80. The van der Waals surface area contributed by atoms with Crippen LogP contribution in [0.25, 0.3) is 0 Å². The Kier molecular flexibility index (Phi) is 5.09. The first-order valence-electron chi connectivity index (χ1n) is 6.01. The normalized spacial score (nSPS) is 22.1. The molecule has 1 aliphatic rings. The van der Waals surface area contributed by atoms with E-state index in [4.69, 9.17) is 4.74 Å². The minimum absolute atomic E-state index is 0.0318.